The molecule has 0 atom stereocenters. The smallest absolute Gasteiger partial charge is 0.257 e. The van der Waals surface area contributed by atoms with Gasteiger partial charge < -0.3 is 10.6 Å². The first-order chi connectivity index (χ1) is 10.0. The van der Waals surface area contributed by atoms with Crippen LogP contribution < -0.4 is 10.6 Å². The number of hydrogen-bond acceptors (Lipinski definition) is 2. The van der Waals surface area contributed by atoms with Gasteiger partial charge in [0, 0.05) is 22.8 Å². The Hall–Kier alpha value is -1.85. The van der Waals surface area contributed by atoms with Gasteiger partial charge >= 0.3 is 0 Å². The minimum Gasteiger partial charge on any atom is -0.355 e. The first-order valence-corrected chi connectivity index (χ1v) is 7.27. The van der Waals surface area contributed by atoms with Gasteiger partial charge in [-0.1, -0.05) is 27.5 Å². The Balaban J connectivity index is 2.16. The molecule has 2 amide bonds. The molecule has 0 fully saturated rings. The maximum Gasteiger partial charge on any atom is 0.257 e. The molecule has 108 valence electrons. The zero-order chi connectivity index (χ0) is 15.4. The van der Waals surface area contributed by atoms with Gasteiger partial charge in [-0.15, -0.1) is 0 Å². The monoisotopic (exact) mass is 366 g/mol. The number of nitrogens with one attached hydrogen (secondary N) is 2. The summed E-state index contributed by atoms with van der Waals surface area (Å²) in [6.45, 7) is 0. The van der Waals surface area contributed by atoms with Crippen molar-refractivity contribution in [2.45, 2.75) is 0 Å². The molecule has 2 N–H and O–H groups in total. The first kappa shape index (κ1) is 15.5. The van der Waals surface area contributed by atoms with Crippen LogP contribution in [0.3, 0.4) is 0 Å². The molecule has 2 aromatic rings. The molecular formula is C15H12BrClN2O2. The summed E-state index contributed by atoms with van der Waals surface area (Å²) >= 11 is 9.31. The summed E-state index contributed by atoms with van der Waals surface area (Å²) in [4.78, 5) is 23.6. The minimum atomic E-state index is -0.311. The van der Waals surface area contributed by atoms with Crippen molar-refractivity contribution in [2.75, 3.05) is 12.4 Å². The highest BCUT2D eigenvalue weighted by Crippen LogP contribution is 2.22. The molecule has 0 unspecified atom stereocenters. The second-order valence-corrected chi connectivity index (χ2v) is 5.56. The summed E-state index contributed by atoms with van der Waals surface area (Å²) < 4.78 is 0.770. The molecule has 0 aliphatic rings. The predicted molar refractivity (Wildman–Crippen MR) is 86.9 cm³/mol. The van der Waals surface area contributed by atoms with E-state index in [9.17, 15) is 9.59 Å². The molecule has 2 rings (SSSR count). The molecule has 4 nitrogen and oxygen atoms in total. The zero-order valence-corrected chi connectivity index (χ0v) is 13.5. The van der Waals surface area contributed by atoms with Crippen LogP contribution in [0.1, 0.15) is 20.7 Å². The largest absolute Gasteiger partial charge is 0.355 e. The molecule has 0 saturated carbocycles. The van der Waals surface area contributed by atoms with Crippen LogP contribution in [0.5, 0.6) is 0 Å². The molecule has 0 aliphatic heterocycles. The van der Waals surface area contributed by atoms with Crippen LogP contribution in [0, 0.1) is 0 Å². The van der Waals surface area contributed by atoms with Crippen LogP contribution >= 0.6 is 27.5 Å². The topological polar surface area (TPSA) is 58.2 Å². The van der Waals surface area contributed by atoms with Gasteiger partial charge in [0.1, 0.15) is 0 Å². The van der Waals surface area contributed by atoms with E-state index < -0.39 is 0 Å². The summed E-state index contributed by atoms with van der Waals surface area (Å²) in [6.07, 6.45) is 0. The van der Waals surface area contributed by atoms with E-state index in [1.165, 1.54) is 0 Å². The molecule has 21 heavy (non-hydrogen) atoms. The number of benzene rings is 2. The number of amides is 2. The van der Waals surface area contributed by atoms with Crippen molar-refractivity contribution < 1.29 is 9.59 Å². The minimum absolute atomic E-state index is 0.178. The molecule has 6 heteroatoms. The van der Waals surface area contributed by atoms with Gasteiger partial charge in [0.05, 0.1) is 10.6 Å². The van der Waals surface area contributed by atoms with Crippen LogP contribution in [-0.2, 0) is 0 Å². The fourth-order valence-electron chi connectivity index (χ4n) is 1.72. The second kappa shape index (κ2) is 6.74. The standard InChI is InChI=1S/C15H12BrClN2O2/c1-18-14(20)9-2-5-11(6-3-9)19-15(21)12-8-10(16)4-7-13(12)17/h2-8H,1H3,(H,18,20)(H,19,21). The highest BCUT2D eigenvalue weighted by atomic mass is 79.9. The Labute approximate surface area is 135 Å². The maximum atomic E-state index is 12.2. The molecular weight excluding hydrogens is 356 g/mol. The Kier molecular flexibility index (Phi) is 4.98. The summed E-state index contributed by atoms with van der Waals surface area (Å²) in [6, 6.07) is 11.7. The average molecular weight is 368 g/mol. The Morgan fingerprint density at radius 3 is 2.33 bits per heavy atom. The summed E-state index contributed by atoms with van der Waals surface area (Å²) in [5, 5.41) is 5.64. The van der Waals surface area contributed by atoms with E-state index in [0.29, 0.717) is 21.8 Å². The Morgan fingerprint density at radius 2 is 1.71 bits per heavy atom. The van der Waals surface area contributed by atoms with Gasteiger partial charge in [0.15, 0.2) is 0 Å². The lowest BCUT2D eigenvalue weighted by atomic mass is 10.1. The van der Waals surface area contributed by atoms with Crippen LogP contribution in [0.15, 0.2) is 46.9 Å². The lowest BCUT2D eigenvalue weighted by Gasteiger charge is -2.08. The predicted octanol–water partition coefficient (Wildman–Crippen LogP) is 3.71. The maximum absolute atomic E-state index is 12.2. The average Bonchev–Trinajstić information content (AvgIpc) is 2.49. The molecule has 0 saturated heterocycles. The molecule has 0 heterocycles. The number of halogens is 2. The second-order valence-electron chi connectivity index (χ2n) is 4.23. The zero-order valence-electron chi connectivity index (χ0n) is 11.1. The fraction of sp³-hybridized carbons (Fsp3) is 0.0667. The van der Waals surface area contributed by atoms with Crippen LogP contribution in [0.2, 0.25) is 5.02 Å². The van der Waals surface area contributed by atoms with E-state index in [1.807, 2.05) is 0 Å². The van der Waals surface area contributed by atoms with Gasteiger partial charge in [0.25, 0.3) is 11.8 Å². The highest BCUT2D eigenvalue weighted by molar-refractivity contribution is 9.10. The van der Waals surface area contributed by atoms with Crippen molar-refractivity contribution >= 4 is 45.0 Å². The van der Waals surface area contributed by atoms with Gasteiger partial charge in [-0.3, -0.25) is 9.59 Å². The summed E-state index contributed by atoms with van der Waals surface area (Å²) in [5.41, 5.74) is 1.49. The van der Waals surface area contributed by atoms with E-state index >= 15 is 0 Å². The number of anilines is 1. The lowest BCUT2D eigenvalue weighted by molar-refractivity contribution is 0.0962. The number of hydrogen-bond donors (Lipinski definition) is 2. The van der Waals surface area contributed by atoms with Crippen LogP contribution in [0.4, 0.5) is 5.69 Å². The molecule has 0 radical (unpaired) electrons. The van der Waals surface area contributed by atoms with Crippen LogP contribution in [-0.4, -0.2) is 18.9 Å². The third-order valence-electron chi connectivity index (χ3n) is 2.81. The van der Waals surface area contributed by atoms with E-state index in [1.54, 1.807) is 49.5 Å². The number of carbonyl (C=O) groups excluding carboxylic acids is 2. The molecule has 0 bridgehead atoms. The third-order valence-corrected chi connectivity index (χ3v) is 3.63. The van der Waals surface area contributed by atoms with E-state index in [2.05, 4.69) is 26.6 Å². The van der Waals surface area contributed by atoms with E-state index in [-0.39, 0.29) is 11.8 Å². The van der Waals surface area contributed by atoms with Crippen molar-refractivity contribution in [3.8, 4) is 0 Å². The van der Waals surface area contributed by atoms with Gasteiger partial charge in [-0.25, -0.2) is 0 Å². The highest BCUT2D eigenvalue weighted by Gasteiger charge is 2.11. The molecule has 0 aliphatic carbocycles. The molecule has 0 spiro atoms. The number of rotatable bonds is 3. The quantitative estimate of drug-likeness (QED) is 0.869. The fourth-order valence-corrected chi connectivity index (χ4v) is 2.28. The molecule has 2 aromatic carbocycles. The SMILES string of the molecule is CNC(=O)c1ccc(NC(=O)c2cc(Br)ccc2Cl)cc1. The van der Waals surface area contributed by atoms with Crippen LogP contribution in [0.25, 0.3) is 0 Å². The summed E-state index contributed by atoms with van der Waals surface area (Å²) in [7, 11) is 1.56. The molecule has 0 aromatic heterocycles. The van der Waals surface area contributed by atoms with Gasteiger partial charge in [-0.2, -0.15) is 0 Å². The van der Waals surface area contributed by atoms with Crippen molar-refractivity contribution in [2.24, 2.45) is 0 Å². The Morgan fingerprint density at radius 1 is 1.05 bits per heavy atom. The van der Waals surface area contributed by atoms with E-state index in [0.717, 1.165) is 4.47 Å². The van der Waals surface area contributed by atoms with E-state index in [4.69, 9.17) is 11.6 Å². The summed E-state index contributed by atoms with van der Waals surface area (Å²) in [5.74, 6) is -0.489. The number of carbonyl (C=O) groups is 2. The first-order valence-electron chi connectivity index (χ1n) is 6.10. The normalized spacial score (nSPS) is 10.0. The lowest BCUT2D eigenvalue weighted by Crippen LogP contribution is -2.18. The Bertz CT molecular complexity index is 687. The third kappa shape index (κ3) is 3.83. The van der Waals surface area contributed by atoms with Crippen molar-refractivity contribution in [1.82, 2.24) is 5.32 Å². The van der Waals surface area contributed by atoms with Crippen molar-refractivity contribution in [1.29, 1.82) is 0 Å². The van der Waals surface area contributed by atoms with Crippen molar-refractivity contribution in [3.63, 3.8) is 0 Å². The van der Waals surface area contributed by atoms with Gasteiger partial charge in [0.2, 0.25) is 0 Å². The van der Waals surface area contributed by atoms with Crippen molar-refractivity contribution in [3.05, 3.63) is 63.1 Å². The van der Waals surface area contributed by atoms with Gasteiger partial charge in [-0.05, 0) is 42.5 Å².